The molecule has 0 saturated heterocycles. The molecule has 0 fully saturated rings. The summed E-state index contributed by atoms with van der Waals surface area (Å²) < 4.78 is 10.7. The van der Waals surface area contributed by atoms with Gasteiger partial charge in [0.2, 0.25) is 0 Å². The molecule has 3 rings (SSSR count). The molecule has 2 aromatic carbocycles. The molecule has 1 unspecified atom stereocenters. The van der Waals surface area contributed by atoms with Crippen molar-refractivity contribution in [3.63, 3.8) is 0 Å². The second-order valence-electron chi connectivity index (χ2n) is 8.01. The van der Waals surface area contributed by atoms with Crippen LogP contribution in [0.15, 0.2) is 36.4 Å². The van der Waals surface area contributed by atoms with Crippen LogP contribution in [-0.2, 0) is 24.2 Å². The molecule has 0 saturated carbocycles. The van der Waals surface area contributed by atoms with Crippen LogP contribution in [0.5, 0.6) is 11.5 Å². The minimum absolute atomic E-state index is 0.0121. The van der Waals surface area contributed by atoms with Gasteiger partial charge in [0.25, 0.3) is 5.91 Å². The van der Waals surface area contributed by atoms with Gasteiger partial charge in [-0.15, -0.1) is 0 Å². The maximum absolute atomic E-state index is 12.6. The Kier molecular flexibility index (Phi) is 7.15. The van der Waals surface area contributed by atoms with Gasteiger partial charge in [0.15, 0.2) is 6.54 Å². The van der Waals surface area contributed by atoms with E-state index in [1.54, 1.807) is 14.2 Å². The van der Waals surface area contributed by atoms with Gasteiger partial charge in [0.1, 0.15) is 18.0 Å². The third kappa shape index (κ3) is 5.51. The third-order valence-electron chi connectivity index (χ3n) is 5.70. The number of benzene rings is 2. The number of nitrogens with one attached hydrogen (secondary N) is 2. The van der Waals surface area contributed by atoms with E-state index in [2.05, 4.69) is 30.4 Å². The first kappa shape index (κ1) is 21.2. The number of aryl methyl sites for hydroxylation is 2. The van der Waals surface area contributed by atoms with Crippen molar-refractivity contribution in [2.45, 2.75) is 45.2 Å². The summed E-state index contributed by atoms with van der Waals surface area (Å²) in [6, 6.07) is 12.5. The molecule has 0 spiro atoms. The quantitative estimate of drug-likeness (QED) is 0.720. The van der Waals surface area contributed by atoms with Crippen LogP contribution in [0.3, 0.4) is 0 Å². The Bertz CT molecular complexity index is 850. The van der Waals surface area contributed by atoms with E-state index in [0.29, 0.717) is 13.1 Å². The average Bonchev–Trinajstić information content (AvgIpc) is 2.73. The molecule has 29 heavy (non-hydrogen) atoms. The molecule has 2 N–H and O–H groups in total. The Morgan fingerprint density at radius 1 is 1.07 bits per heavy atom. The molecule has 5 nitrogen and oxygen atoms in total. The molecule has 156 valence electrons. The lowest BCUT2D eigenvalue weighted by Gasteiger charge is -2.21. The smallest absolute Gasteiger partial charge is 0.275 e. The molecule has 1 amide bonds. The number of methoxy groups -OCH3 is 2. The van der Waals surface area contributed by atoms with Crippen molar-refractivity contribution in [2.75, 3.05) is 27.8 Å². The topological polar surface area (TPSA) is 52.0 Å². The zero-order valence-electron chi connectivity index (χ0n) is 18.0. The number of hydrogen-bond donors (Lipinski definition) is 2. The Labute approximate surface area is 174 Å². The molecular formula is C24H33N2O3+. The van der Waals surface area contributed by atoms with E-state index in [-0.39, 0.29) is 11.9 Å². The second kappa shape index (κ2) is 9.79. The van der Waals surface area contributed by atoms with Crippen LogP contribution in [0.1, 0.15) is 48.1 Å². The monoisotopic (exact) mass is 397 g/mol. The molecule has 2 aromatic rings. The number of ether oxygens (including phenoxy) is 2. The van der Waals surface area contributed by atoms with E-state index in [4.69, 9.17) is 9.47 Å². The van der Waals surface area contributed by atoms with E-state index in [1.165, 1.54) is 36.0 Å². The van der Waals surface area contributed by atoms with Crippen molar-refractivity contribution < 1.29 is 19.2 Å². The summed E-state index contributed by atoms with van der Waals surface area (Å²) in [6.45, 7) is 3.17. The Morgan fingerprint density at radius 3 is 2.55 bits per heavy atom. The standard InChI is InChI=1S/C24H32N2O3/c1-17(19-10-9-18-7-5-6-8-20(18)13-19)25-24(27)16-26(2)15-21-11-12-22(28-3)14-23(21)29-4/h9-14,17H,5-8,15-16H2,1-4H3,(H,25,27)/p+1/t17-/m1/s1. The van der Waals surface area contributed by atoms with Crippen molar-refractivity contribution in [1.82, 2.24) is 5.32 Å². The third-order valence-corrected chi connectivity index (χ3v) is 5.70. The van der Waals surface area contributed by atoms with Crippen LogP contribution in [0, 0.1) is 0 Å². The summed E-state index contributed by atoms with van der Waals surface area (Å²) in [7, 11) is 5.31. The van der Waals surface area contributed by atoms with Gasteiger partial charge >= 0.3 is 0 Å². The lowest BCUT2D eigenvalue weighted by Crippen LogP contribution is -3.08. The largest absolute Gasteiger partial charge is 0.497 e. The van der Waals surface area contributed by atoms with Crippen LogP contribution in [0.2, 0.25) is 0 Å². The summed E-state index contributed by atoms with van der Waals surface area (Å²) in [5, 5.41) is 3.16. The fraction of sp³-hybridized carbons (Fsp3) is 0.458. The second-order valence-corrected chi connectivity index (χ2v) is 8.01. The average molecular weight is 398 g/mol. The SMILES string of the molecule is COc1ccc(C[NH+](C)CC(=O)N[C@H](C)c2ccc3c(c2)CCCC3)c(OC)c1. The minimum Gasteiger partial charge on any atom is -0.497 e. The zero-order chi connectivity index (χ0) is 20.8. The summed E-state index contributed by atoms with van der Waals surface area (Å²) in [4.78, 5) is 13.7. The molecule has 1 aliphatic carbocycles. The lowest BCUT2D eigenvalue weighted by molar-refractivity contribution is -0.885. The normalized spacial score (nSPS) is 15.2. The van der Waals surface area contributed by atoms with Crippen LogP contribution in [0.4, 0.5) is 0 Å². The van der Waals surface area contributed by atoms with E-state index in [0.717, 1.165) is 28.4 Å². The molecule has 0 aliphatic heterocycles. The molecule has 0 aromatic heterocycles. The minimum atomic E-state index is 0.0121. The highest BCUT2D eigenvalue weighted by Crippen LogP contribution is 2.25. The van der Waals surface area contributed by atoms with Gasteiger partial charge in [0, 0.05) is 11.6 Å². The fourth-order valence-electron chi connectivity index (χ4n) is 4.06. The molecular weight excluding hydrogens is 364 g/mol. The van der Waals surface area contributed by atoms with Gasteiger partial charge in [-0.1, -0.05) is 18.2 Å². The summed E-state index contributed by atoms with van der Waals surface area (Å²) in [5.74, 6) is 1.60. The predicted molar refractivity (Wildman–Crippen MR) is 115 cm³/mol. The highest BCUT2D eigenvalue weighted by molar-refractivity contribution is 5.77. The van der Waals surface area contributed by atoms with Gasteiger partial charge in [-0.25, -0.2) is 0 Å². The molecule has 1 aliphatic rings. The Morgan fingerprint density at radius 2 is 1.83 bits per heavy atom. The number of quaternary nitrogens is 1. The number of likely N-dealkylation sites (N-methyl/N-ethyl adjacent to an activating group) is 1. The number of amides is 1. The van der Waals surface area contributed by atoms with E-state index < -0.39 is 0 Å². The van der Waals surface area contributed by atoms with Gasteiger partial charge < -0.3 is 19.7 Å². The predicted octanol–water partition coefficient (Wildman–Crippen LogP) is 2.47. The maximum atomic E-state index is 12.6. The Hall–Kier alpha value is -2.53. The van der Waals surface area contributed by atoms with Crippen LogP contribution >= 0.6 is 0 Å². The maximum Gasteiger partial charge on any atom is 0.275 e. The fourth-order valence-corrected chi connectivity index (χ4v) is 4.06. The summed E-state index contributed by atoms with van der Waals surface area (Å²) in [5.41, 5.74) is 5.16. The van der Waals surface area contributed by atoms with Crippen LogP contribution in [0.25, 0.3) is 0 Å². The first-order valence-electron chi connectivity index (χ1n) is 10.4. The number of carbonyl (C=O) groups is 1. The van der Waals surface area contributed by atoms with Crippen molar-refractivity contribution in [3.05, 3.63) is 58.7 Å². The summed E-state index contributed by atoms with van der Waals surface area (Å²) >= 11 is 0. The summed E-state index contributed by atoms with van der Waals surface area (Å²) in [6.07, 6.45) is 4.88. The zero-order valence-corrected chi connectivity index (χ0v) is 18.0. The number of rotatable bonds is 8. The molecule has 5 heteroatoms. The van der Waals surface area contributed by atoms with E-state index in [9.17, 15) is 4.79 Å². The van der Waals surface area contributed by atoms with Gasteiger partial charge in [-0.05, 0) is 61.4 Å². The van der Waals surface area contributed by atoms with Crippen molar-refractivity contribution in [2.24, 2.45) is 0 Å². The van der Waals surface area contributed by atoms with E-state index in [1.807, 2.05) is 25.2 Å². The molecule has 0 radical (unpaired) electrons. The Balaban J connectivity index is 1.56. The number of fused-ring (bicyclic) bond motifs is 1. The van der Waals surface area contributed by atoms with Gasteiger partial charge in [-0.3, -0.25) is 4.79 Å². The highest BCUT2D eigenvalue weighted by atomic mass is 16.5. The molecule has 0 heterocycles. The van der Waals surface area contributed by atoms with Crippen LogP contribution < -0.4 is 19.7 Å². The van der Waals surface area contributed by atoms with Gasteiger partial charge in [-0.2, -0.15) is 0 Å². The van der Waals surface area contributed by atoms with Crippen LogP contribution in [-0.4, -0.2) is 33.7 Å². The van der Waals surface area contributed by atoms with Crippen molar-refractivity contribution in [1.29, 1.82) is 0 Å². The molecule has 2 atom stereocenters. The number of hydrogen-bond acceptors (Lipinski definition) is 3. The molecule has 0 bridgehead atoms. The first-order valence-corrected chi connectivity index (χ1v) is 10.4. The lowest BCUT2D eigenvalue weighted by atomic mass is 9.89. The first-order chi connectivity index (χ1) is 14.0. The van der Waals surface area contributed by atoms with E-state index >= 15 is 0 Å². The van der Waals surface area contributed by atoms with Crippen molar-refractivity contribution in [3.8, 4) is 11.5 Å². The highest BCUT2D eigenvalue weighted by Gasteiger charge is 2.17. The van der Waals surface area contributed by atoms with Gasteiger partial charge in [0.05, 0.1) is 27.3 Å². The van der Waals surface area contributed by atoms with Crippen molar-refractivity contribution >= 4 is 5.91 Å². The number of carbonyl (C=O) groups excluding carboxylic acids is 1.